The average Bonchev–Trinajstić information content (AvgIpc) is 2.21. The molecule has 0 aromatic rings. The maximum absolute atomic E-state index is 8.85. The van der Waals surface area contributed by atoms with Crippen molar-refractivity contribution in [1.29, 1.82) is 0 Å². The third kappa shape index (κ3) is 9.17. The summed E-state index contributed by atoms with van der Waals surface area (Å²) in [5, 5.41) is 17.2. The zero-order valence-corrected chi connectivity index (χ0v) is 9.08. The monoisotopic (exact) mass is 198 g/mol. The molecule has 0 atom stereocenters. The lowest BCUT2D eigenvalue weighted by Crippen LogP contribution is -1.78. The molecule has 0 saturated carbocycles. The Morgan fingerprint density at radius 2 is 1.71 bits per heavy atom. The summed E-state index contributed by atoms with van der Waals surface area (Å²) >= 11 is 0. The van der Waals surface area contributed by atoms with Crippen LogP contribution < -0.4 is 0 Å². The number of allylic oxidation sites excluding steroid dienone is 2. The summed E-state index contributed by atoms with van der Waals surface area (Å²) in [6.07, 6.45) is 12.8. The van der Waals surface area contributed by atoms with Gasteiger partial charge < -0.3 is 10.2 Å². The molecule has 2 N–H and O–H groups in total. The summed E-state index contributed by atoms with van der Waals surface area (Å²) in [5.74, 6) is -0.0732. The number of aliphatic hydroxyl groups is 2. The molecule has 0 bridgehead atoms. The SMILES string of the molecule is CCCCCCCCC=CC(O)=CO. The summed E-state index contributed by atoms with van der Waals surface area (Å²) in [4.78, 5) is 0. The molecule has 0 radical (unpaired) electrons. The van der Waals surface area contributed by atoms with Crippen molar-refractivity contribution >= 4 is 0 Å². The van der Waals surface area contributed by atoms with Gasteiger partial charge in [-0.1, -0.05) is 45.1 Å². The van der Waals surface area contributed by atoms with Crippen molar-refractivity contribution in [2.24, 2.45) is 0 Å². The summed E-state index contributed by atoms with van der Waals surface area (Å²) < 4.78 is 0. The van der Waals surface area contributed by atoms with Gasteiger partial charge in [0.15, 0.2) is 0 Å². The van der Waals surface area contributed by atoms with Gasteiger partial charge in [0, 0.05) is 0 Å². The highest BCUT2D eigenvalue weighted by atomic mass is 16.3. The van der Waals surface area contributed by atoms with Crippen LogP contribution in [-0.2, 0) is 0 Å². The molecule has 0 aromatic carbocycles. The van der Waals surface area contributed by atoms with Crippen molar-refractivity contribution in [3.8, 4) is 0 Å². The molecule has 0 rings (SSSR count). The van der Waals surface area contributed by atoms with E-state index in [9.17, 15) is 0 Å². The number of unbranched alkanes of at least 4 members (excludes halogenated alkanes) is 6. The van der Waals surface area contributed by atoms with E-state index < -0.39 is 0 Å². The van der Waals surface area contributed by atoms with Gasteiger partial charge in [-0.3, -0.25) is 0 Å². The Hall–Kier alpha value is -0.920. The van der Waals surface area contributed by atoms with Crippen molar-refractivity contribution < 1.29 is 10.2 Å². The molecular weight excluding hydrogens is 176 g/mol. The van der Waals surface area contributed by atoms with E-state index in [1.165, 1.54) is 44.6 Å². The highest BCUT2D eigenvalue weighted by Gasteiger charge is 1.88. The first-order valence-corrected chi connectivity index (χ1v) is 5.51. The van der Waals surface area contributed by atoms with Crippen LogP contribution in [0.15, 0.2) is 24.2 Å². The minimum atomic E-state index is -0.0732. The van der Waals surface area contributed by atoms with E-state index in [1.54, 1.807) is 0 Å². The smallest absolute Gasteiger partial charge is 0.149 e. The van der Waals surface area contributed by atoms with E-state index in [0.717, 1.165) is 6.42 Å². The maximum Gasteiger partial charge on any atom is 0.149 e. The first-order chi connectivity index (χ1) is 6.81. The summed E-state index contributed by atoms with van der Waals surface area (Å²) in [6.45, 7) is 2.22. The van der Waals surface area contributed by atoms with Gasteiger partial charge in [-0.25, -0.2) is 0 Å². The lowest BCUT2D eigenvalue weighted by Gasteiger charge is -1.97. The molecule has 2 nitrogen and oxygen atoms in total. The second kappa shape index (κ2) is 10.2. The standard InChI is InChI=1S/C12H22O2/c1-2-3-4-5-6-7-8-9-10-12(14)11-13/h9-11,13-14H,2-8H2,1H3. The molecule has 0 spiro atoms. The Morgan fingerprint density at radius 1 is 1.07 bits per heavy atom. The highest BCUT2D eigenvalue weighted by Crippen LogP contribution is 2.07. The first kappa shape index (κ1) is 13.1. The molecular formula is C12H22O2. The Kier molecular flexibility index (Phi) is 9.49. The normalized spacial score (nSPS) is 12.5. The van der Waals surface area contributed by atoms with E-state index >= 15 is 0 Å². The topological polar surface area (TPSA) is 40.5 Å². The van der Waals surface area contributed by atoms with Gasteiger partial charge in [0.05, 0.1) is 0 Å². The Labute approximate surface area is 87.0 Å². The number of aliphatic hydroxyl groups excluding tert-OH is 2. The van der Waals surface area contributed by atoms with E-state index in [1.807, 2.05) is 6.08 Å². The van der Waals surface area contributed by atoms with Gasteiger partial charge in [0.25, 0.3) is 0 Å². The third-order valence-electron chi connectivity index (χ3n) is 2.15. The Bertz CT molecular complexity index is 171. The minimum Gasteiger partial charge on any atom is -0.512 e. The lowest BCUT2D eigenvalue weighted by molar-refractivity contribution is 0.377. The average molecular weight is 198 g/mol. The van der Waals surface area contributed by atoms with E-state index in [0.29, 0.717) is 6.26 Å². The van der Waals surface area contributed by atoms with Crippen LogP contribution >= 0.6 is 0 Å². The van der Waals surface area contributed by atoms with Crippen LogP contribution in [0.5, 0.6) is 0 Å². The molecule has 0 aromatic heterocycles. The van der Waals surface area contributed by atoms with Gasteiger partial charge >= 0.3 is 0 Å². The molecule has 0 aliphatic carbocycles. The number of hydrogen-bond donors (Lipinski definition) is 2. The molecule has 0 amide bonds. The van der Waals surface area contributed by atoms with E-state index in [4.69, 9.17) is 10.2 Å². The first-order valence-electron chi connectivity index (χ1n) is 5.51. The molecule has 14 heavy (non-hydrogen) atoms. The largest absolute Gasteiger partial charge is 0.512 e. The van der Waals surface area contributed by atoms with Gasteiger partial charge in [0.1, 0.15) is 12.0 Å². The summed E-state index contributed by atoms with van der Waals surface area (Å²) in [6, 6.07) is 0. The fraction of sp³-hybridized carbons (Fsp3) is 0.667. The van der Waals surface area contributed by atoms with E-state index in [2.05, 4.69) is 6.92 Å². The zero-order chi connectivity index (χ0) is 10.6. The molecule has 0 unspecified atom stereocenters. The van der Waals surface area contributed by atoms with Gasteiger partial charge in [-0.2, -0.15) is 0 Å². The third-order valence-corrected chi connectivity index (χ3v) is 2.15. The van der Waals surface area contributed by atoms with Crippen LogP contribution in [0.4, 0.5) is 0 Å². The van der Waals surface area contributed by atoms with Crippen LogP contribution in [0.3, 0.4) is 0 Å². The number of hydrogen-bond acceptors (Lipinski definition) is 2. The quantitative estimate of drug-likeness (QED) is 0.348. The second-order valence-corrected chi connectivity index (χ2v) is 3.51. The predicted octanol–water partition coefficient (Wildman–Crippen LogP) is 4.25. The molecule has 0 saturated heterocycles. The van der Waals surface area contributed by atoms with Gasteiger partial charge in [-0.05, 0) is 18.9 Å². The van der Waals surface area contributed by atoms with Crippen LogP contribution in [-0.4, -0.2) is 10.2 Å². The molecule has 0 aliphatic rings. The fourth-order valence-corrected chi connectivity index (χ4v) is 1.29. The van der Waals surface area contributed by atoms with Crippen LogP contribution in [0.2, 0.25) is 0 Å². The van der Waals surface area contributed by atoms with Crippen LogP contribution in [0, 0.1) is 0 Å². The summed E-state index contributed by atoms with van der Waals surface area (Å²) in [7, 11) is 0. The molecule has 82 valence electrons. The highest BCUT2D eigenvalue weighted by molar-refractivity contribution is 5.06. The summed E-state index contributed by atoms with van der Waals surface area (Å²) in [5.41, 5.74) is 0. The molecule has 0 heterocycles. The van der Waals surface area contributed by atoms with Crippen molar-refractivity contribution in [3.05, 3.63) is 24.2 Å². The van der Waals surface area contributed by atoms with Crippen molar-refractivity contribution in [2.45, 2.75) is 51.9 Å². The molecule has 2 heteroatoms. The van der Waals surface area contributed by atoms with Crippen molar-refractivity contribution in [1.82, 2.24) is 0 Å². The van der Waals surface area contributed by atoms with Crippen molar-refractivity contribution in [2.75, 3.05) is 0 Å². The molecule has 0 fully saturated rings. The second-order valence-electron chi connectivity index (χ2n) is 3.51. The Morgan fingerprint density at radius 3 is 2.36 bits per heavy atom. The van der Waals surface area contributed by atoms with Crippen molar-refractivity contribution in [3.63, 3.8) is 0 Å². The fourth-order valence-electron chi connectivity index (χ4n) is 1.29. The zero-order valence-electron chi connectivity index (χ0n) is 9.08. The maximum atomic E-state index is 8.85. The number of rotatable bonds is 8. The van der Waals surface area contributed by atoms with Gasteiger partial charge in [0.2, 0.25) is 0 Å². The lowest BCUT2D eigenvalue weighted by atomic mass is 10.1. The Balaban J connectivity index is 3.17. The van der Waals surface area contributed by atoms with Crippen LogP contribution in [0.25, 0.3) is 0 Å². The van der Waals surface area contributed by atoms with E-state index in [-0.39, 0.29) is 5.76 Å². The van der Waals surface area contributed by atoms with Crippen LogP contribution in [0.1, 0.15) is 51.9 Å². The molecule has 0 aliphatic heterocycles. The predicted molar refractivity (Wildman–Crippen MR) is 60.5 cm³/mol. The minimum absolute atomic E-state index is 0.0732. The van der Waals surface area contributed by atoms with Gasteiger partial charge in [-0.15, -0.1) is 0 Å².